The minimum atomic E-state index is 0.233. The van der Waals surface area contributed by atoms with Gasteiger partial charge in [0, 0.05) is 5.56 Å². The summed E-state index contributed by atoms with van der Waals surface area (Å²) in [4.78, 5) is 4.48. The molecule has 19 heavy (non-hydrogen) atoms. The Kier molecular flexibility index (Phi) is 3.21. The molecule has 1 N–H and O–H groups in total. The van der Waals surface area contributed by atoms with Gasteiger partial charge in [0.25, 0.3) is 5.89 Å². The molecule has 0 spiro atoms. The summed E-state index contributed by atoms with van der Waals surface area (Å²) in [5.41, 5.74) is 1.98. The second-order valence-corrected chi connectivity index (χ2v) is 4.79. The minimum absolute atomic E-state index is 0.233. The van der Waals surface area contributed by atoms with E-state index in [-0.39, 0.29) is 6.04 Å². The van der Waals surface area contributed by atoms with Gasteiger partial charge in [-0.2, -0.15) is 4.98 Å². The predicted molar refractivity (Wildman–Crippen MR) is 71.0 cm³/mol. The van der Waals surface area contributed by atoms with Gasteiger partial charge in [0.2, 0.25) is 0 Å². The van der Waals surface area contributed by atoms with Crippen LogP contribution in [-0.2, 0) is 0 Å². The van der Waals surface area contributed by atoms with Gasteiger partial charge in [-0.1, -0.05) is 5.16 Å². The number of nitrogens with zero attached hydrogens (tertiary/aromatic N) is 2. The van der Waals surface area contributed by atoms with E-state index in [1.165, 1.54) is 0 Å². The molecular weight excluding hydrogens is 242 g/mol. The predicted octanol–water partition coefficient (Wildman–Crippen LogP) is 2.48. The summed E-state index contributed by atoms with van der Waals surface area (Å²) >= 11 is 0. The van der Waals surface area contributed by atoms with E-state index < -0.39 is 0 Å². The number of hydrogen-bond acceptors (Lipinski definition) is 5. The summed E-state index contributed by atoms with van der Waals surface area (Å²) in [6.45, 7) is 3.02. The quantitative estimate of drug-likeness (QED) is 0.917. The highest BCUT2D eigenvalue weighted by atomic mass is 16.5. The van der Waals surface area contributed by atoms with E-state index in [2.05, 4.69) is 15.5 Å². The van der Waals surface area contributed by atoms with Crippen LogP contribution in [-0.4, -0.2) is 23.8 Å². The van der Waals surface area contributed by atoms with Crippen molar-refractivity contribution in [3.8, 4) is 17.2 Å². The van der Waals surface area contributed by atoms with E-state index in [9.17, 15) is 0 Å². The summed E-state index contributed by atoms with van der Waals surface area (Å²) in [6.07, 6.45) is 2.23. The fraction of sp³-hybridized carbons (Fsp3) is 0.429. The smallest absolute Gasteiger partial charge is 0.257 e. The zero-order chi connectivity index (χ0) is 13.2. The zero-order valence-electron chi connectivity index (χ0n) is 11.1. The van der Waals surface area contributed by atoms with Crippen molar-refractivity contribution >= 4 is 0 Å². The number of hydrogen-bond donors (Lipinski definition) is 1. The third kappa shape index (κ3) is 2.33. The Bertz CT molecular complexity index is 574. The summed E-state index contributed by atoms with van der Waals surface area (Å²) in [6, 6.07) is 6.09. The summed E-state index contributed by atoms with van der Waals surface area (Å²) in [5.74, 6) is 2.18. The molecule has 1 unspecified atom stereocenters. The van der Waals surface area contributed by atoms with Gasteiger partial charge in [0.1, 0.15) is 5.75 Å². The fourth-order valence-corrected chi connectivity index (χ4v) is 2.41. The number of nitrogens with one attached hydrogen (secondary N) is 1. The molecule has 1 aliphatic heterocycles. The third-order valence-corrected chi connectivity index (χ3v) is 3.46. The van der Waals surface area contributed by atoms with E-state index in [1.54, 1.807) is 7.11 Å². The van der Waals surface area contributed by atoms with Crippen molar-refractivity contribution in [1.29, 1.82) is 0 Å². The van der Waals surface area contributed by atoms with Crippen LogP contribution < -0.4 is 10.1 Å². The molecule has 0 amide bonds. The molecule has 1 aliphatic rings. The molecule has 0 bridgehead atoms. The van der Waals surface area contributed by atoms with Crippen molar-refractivity contribution in [2.24, 2.45) is 0 Å². The highest BCUT2D eigenvalue weighted by Gasteiger charge is 2.22. The maximum atomic E-state index is 5.35. The molecule has 1 aromatic heterocycles. The van der Waals surface area contributed by atoms with Crippen molar-refractivity contribution in [3.05, 3.63) is 29.6 Å². The molecule has 0 radical (unpaired) electrons. The van der Waals surface area contributed by atoms with Crippen LogP contribution in [0.4, 0.5) is 0 Å². The van der Waals surface area contributed by atoms with Crippen molar-refractivity contribution in [1.82, 2.24) is 15.5 Å². The van der Waals surface area contributed by atoms with Crippen LogP contribution in [0, 0.1) is 6.92 Å². The Balaban J connectivity index is 1.87. The van der Waals surface area contributed by atoms with Crippen LogP contribution in [0.2, 0.25) is 0 Å². The topological polar surface area (TPSA) is 60.2 Å². The van der Waals surface area contributed by atoms with Gasteiger partial charge in [-0.25, -0.2) is 0 Å². The van der Waals surface area contributed by atoms with E-state index in [4.69, 9.17) is 9.26 Å². The van der Waals surface area contributed by atoms with Gasteiger partial charge in [-0.15, -0.1) is 0 Å². The largest absolute Gasteiger partial charge is 0.496 e. The van der Waals surface area contributed by atoms with Crippen molar-refractivity contribution in [3.63, 3.8) is 0 Å². The van der Waals surface area contributed by atoms with E-state index >= 15 is 0 Å². The molecule has 1 atom stereocenters. The van der Waals surface area contributed by atoms with Gasteiger partial charge in [-0.05, 0) is 50.1 Å². The molecule has 1 saturated heterocycles. The van der Waals surface area contributed by atoms with Crippen LogP contribution in [0.1, 0.15) is 30.3 Å². The van der Waals surface area contributed by atoms with Crippen molar-refractivity contribution < 1.29 is 9.26 Å². The molecule has 1 fully saturated rings. The van der Waals surface area contributed by atoms with Gasteiger partial charge in [0.15, 0.2) is 5.82 Å². The number of aryl methyl sites for hydroxylation is 1. The van der Waals surface area contributed by atoms with Crippen LogP contribution >= 0.6 is 0 Å². The Morgan fingerprint density at radius 3 is 3.00 bits per heavy atom. The first-order valence-corrected chi connectivity index (χ1v) is 6.50. The lowest BCUT2D eigenvalue weighted by Gasteiger charge is -2.04. The zero-order valence-corrected chi connectivity index (χ0v) is 11.1. The normalized spacial score (nSPS) is 18.7. The monoisotopic (exact) mass is 259 g/mol. The van der Waals surface area contributed by atoms with Gasteiger partial charge in [-0.3, -0.25) is 0 Å². The minimum Gasteiger partial charge on any atom is -0.496 e. The van der Waals surface area contributed by atoms with Crippen LogP contribution in [0.25, 0.3) is 11.5 Å². The average Bonchev–Trinajstić information content (AvgIpc) is 3.09. The Morgan fingerprint density at radius 2 is 2.32 bits per heavy atom. The molecule has 5 heteroatoms. The summed E-state index contributed by atoms with van der Waals surface area (Å²) < 4.78 is 10.6. The molecule has 2 heterocycles. The first-order chi connectivity index (χ1) is 9.28. The number of rotatable bonds is 3. The number of methoxy groups -OCH3 is 1. The first kappa shape index (κ1) is 12.2. The lowest BCUT2D eigenvalue weighted by molar-refractivity contribution is 0.409. The van der Waals surface area contributed by atoms with Crippen molar-refractivity contribution in [2.75, 3.05) is 13.7 Å². The summed E-state index contributed by atoms with van der Waals surface area (Å²) in [7, 11) is 1.67. The molecular formula is C14H17N3O2. The standard InChI is InChI=1S/C14H17N3O2/c1-9-8-10(5-6-12(9)18-2)14-16-13(17-19-14)11-4-3-7-15-11/h5-6,8,11,15H,3-4,7H2,1-2H3. The highest BCUT2D eigenvalue weighted by Crippen LogP contribution is 2.27. The maximum Gasteiger partial charge on any atom is 0.257 e. The lowest BCUT2D eigenvalue weighted by atomic mass is 10.1. The maximum absolute atomic E-state index is 5.35. The second kappa shape index (κ2) is 5.01. The molecule has 5 nitrogen and oxygen atoms in total. The van der Waals surface area contributed by atoms with E-state index in [1.807, 2.05) is 25.1 Å². The summed E-state index contributed by atoms with van der Waals surface area (Å²) in [5, 5.41) is 7.43. The van der Waals surface area contributed by atoms with Crippen LogP contribution in [0.15, 0.2) is 22.7 Å². The highest BCUT2D eigenvalue weighted by molar-refractivity contribution is 5.57. The van der Waals surface area contributed by atoms with E-state index in [0.717, 1.165) is 42.1 Å². The Labute approximate surface area is 112 Å². The Hall–Kier alpha value is -1.88. The van der Waals surface area contributed by atoms with Gasteiger partial charge < -0.3 is 14.6 Å². The fourth-order valence-electron chi connectivity index (χ4n) is 2.41. The number of benzene rings is 1. The number of ether oxygens (including phenoxy) is 1. The van der Waals surface area contributed by atoms with E-state index in [0.29, 0.717) is 5.89 Å². The molecule has 2 aromatic rings. The van der Waals surface area contributed by atoms with Crippen molar-refractivity contribution in [2.45, 2.75) is 25.8 Å². The molecule has 3 rings (SSSR count). The van der Waals surface area contributed by atoms with Gasteiger partial charge in [0.05, 0.1) is 13.2 Å². The molecule has 1 aromatic carbocycles. The van der Waals surface area contributed by atoms with Crippen LogP contribution in [0.5, 0.6) is 5.75 Å². The molecule has 0 aliphatic carbocycles. The van der Waals surface area contributed by atoms with Gasteiger partial charge >= 0.3 is 0 Å². The lowest BCUT2D eigenvalue weighted by Crippen LogP contribution is -2.14. The number of aromatic nitrogens is 2. The SMILES string of the molecule is COc1ccc(-c2nc(C3CCCN3)no2)cc1C. The van der Waals surface area contributed by atoms with Crippen LogP contribution in [0.3, 0.4) is 0 Å². The Morgan fingerprint density at radius 1 is 1.42 bits per heavy atom. The average molecular weight is 259 g/mol. The molecule has 100 valence electrons. The third-order valence-electron chi connectivity index (χ3n) is 3.46. The molecule has 0 saturated carbocycles. The first-order valence-electron chi connectivity index (χ1n) is 6.50. The second-order valence-electron chi connectivity index (χ2n) is 4.79.